The molecule has 0 aromatic heterocycles. The lowest BCUT2D eigenvalue weighted by Crippen LogP contribution is -2.43. The van der Waals surface area contributed by atoms with Crippen LogP contribution in [0.25, 0.3) is 43.1 Å². The molecule has 0 fully saturated rings. The smallest absolute Gasteiger partial charge is 0.307 e. The zero-order valence-corrected chi connectivity index (χ0v) is 52.1. The summed E-state index contributed by atoms with van der Waals surface area (Å²) in [4.78, 5) is 78.2. The number of carbonyl (C=O) groups is 6. The molecule has 0 bridgehead atoms. The van der Waals surface area contributed by atoms with E-state index in [1.54, 1.807) is 9.80 Å². The number of ether oxygens (including phenoxy) is 1. The first kappa shape index (κ1) is 65.9. The van der Waals surface area contributed by atoms with Crippen molar-refractivity contribution >= 4 is 102 Å². The number of benzene rings is 10. The van der Waals surface area contributed by atoms with Crippen LogP contribution in [0.15, 0.2) is 218 Å². The van der Waals surface area contributed by atoms with Gasteiger partial charge in [0, 0.05) is 59.9 Å². The Balaban J connectivity index is 0.000000215. The Kier molecular flexibility index (Phi) is 22.6. The highest BCUT2D eigenvalue weighted by atomic mass is 35.5. The SMILES string of the molecule is CC(C(CCOc1ccc2ccccc2c1)c1ccc(Cl)cc1)N(Cc1ccc2ccccc2c1)C(=O)CC(CC(=O)O)C(=O)O.CC(C(CCc1ccc2ccccc2c1)c1ccc(Cl)cc1)N(Cc1ccc2ccccc2c1)C(=O)CC(CC(=O)O)C(=O)O. The van der Waals surface area contributed by atoms with Crippen LogP contribution in [0.5, 0.6) is 5.75 Å². The molecule has 0 saturated heterocycles. The lowest BCUT2D eigenvalue weighted by molar-refractivity contribution is -0.151. The Morgan fingerprint density at radius 1 is 0.396 bits per heavy atom. The molecule has 466 valence electrons. The molecule has 0 radical (unpaired) electrons. The molecule has 10 aromatic carbocycles. The van der Waals surface area contributed by atoms with Crippen molar-refractivity contribution < 1.29 is 53.9 Å². The number of carboxylic acids is 4. The van der Waals surface area contributed by atoms with Gasteiger partial charge in [-0.1, -0.05) is 193 Å². The average Bonchev–Trinajstić information content (AvgIpc) is 0.994. The molecule has 10 rings (SSSR count). The molecule has 0 aliphatic rings. The molecule has 6 atom stereocenters. The zero-order chi connectivity index (χ0) is 64.6. The van der Waals surface area contributed by atoms with E-state index in [-0.39, 0.29) is 31.0 Å². The first-order valence-corrected chi connectivity index (χ1v) is 31.1. The number of aryl methyl sites for hydroxylation is 1. The second kappa shape index (κ2) is 31.3. The second-order valence-corrected chi connectivity index (χ2v) is 24.1. The molecule has 0 aliphatic carbocycles. The van der Waals surface area contributed by atoms with Crippen molar-refractivity contribution in [2.24, 2.45) is 11.8 Å². The van der Waals surface area contributed by atoms with Gasteiger partial charge in [-0.25, -0.2) is 0 Å². The van der Waals surface area contributed by atoms with Crippen LogP contribution in [0.2, 0.25) is 10.0 Å². The molecule has 91 heavy (non-hydrogen) atoms. The minimum Gasteiger partial charge on any atom is -0.494 e. The number of halogens is 2. The molecule has 0 aliphatic heterocycles. The third-order valence-corrected chi connectivity index (χ3v) is 17.6. The molecule has 15 heteroatoms. The predicted octanol–water partition coefficient (Wildman–Crippen LogP) is 16.5. The largest absolute Gasteiger partial charge is 0.494 e. The third kappa shape index (κ3) is 18.1. The van der Waals surface area contributed by atoms with Gasteiger partial charge in [0.15, 0.2) is 0 Å². The Bertz CT molecular complexity index is 4200. The molecule has 0 heterocycles. The van der Waals surface area contributed by atoms with Crippen LogP contribution in [0, 0.1) is 11.8 Å². The Labute approximate surface area is 539 Å². The van der Waals surface area contributed by atoms with Gasteiger partial charge in [-0.05, 0) is 153 Å². The summed E-state index contributed by atoms with van der Waals surface area (Å²) in [6.45, 7) is 4.78. The summed E-state index contributed by atoms with van der Waals surface area (Å²) < 4.78 is 6.21. The van der Waals surface area contributed by atoms with Crippen molar-refractivity contribution in [3.63, 3.8) is 0 Å². The van der Waals surface area contributed by atoms with Crippen molar-refractivity contribution in [1.29, 1.82) is 0 Å². The lowest BCUT2D eigenvalue weighted by Gasteiger charge is -2.36. The highest BCUT2D eigenvalue weighted by Crippen LogP contribution is 2.35. The van der Waals surface area contributed by atoms with Crippen LogP contribution in [-0.4, -0.2) is 84.6 Å². The highest BCUT2D eigenvalue weighted by molar-refractivity contribution is 6.30. The van der Waals surface area contributed by atoms with E-state index in [0.29, 0.717) is 23.1 Å². The minimum atomic E-state index is -1.35. The van der Waals surface area contributed by atoms with Gasteiger partial charge in [0.2, 0.25) is 11.8 Å². The summed E-state index contributed by atoms with van der Waals surface area (Å²) in [7, 11) is 0. The van der Waals surface area contributed by atoms with Gasteiger partial charge < -0.3 is 35.0 Å². The normalized spacial score (nSPS) is 13.2. The van der Waals surface area contributed by atoms with E-state index in [1.165, 1.54) is 10.9 Å². The molecule has 13 nitrogen and oxygen atoms in total. The molecule has 10 aromatic rings. The van der Waals surface area contributed by atoms with Crippen molar-refractivity contribution in [1.82, 2.24) is 9.80 Å². The summed E-state index contributed by atoms with van der Waals surface area (Å²) in [5, 5.41) is 48.1. The maximum Gasteiger partial charge on any atom is 0.307 e. The maximum absolute atomic E-state index is 14.0. The van der Waals surface area contributed by atoms with E-state index in [0.717, 1.165) is 78.5 Å². The number of carbonyl (C=O) groups excluding carboxylic acids is 2. The third-order valence-electron chi connectivity index (χ3n) is 17.1. The Morgan fingerprint density at radius 2 is 0.736 bits per heavy atom. The number of nitrogens with zero attached hydrogens (tertiary/aromatic N) is 2. The van der Waals surface area contributed by atoms with Gasteiger partial charge in [0.05, 0.1) is 31.3 Å². The zero-order valence-electron chi connectivity index (χ0n) is 50.6. The molecular formula is C76H72Cl2N2O11. The molecule has 2 amide bonds. The van der Waals surface area contributed by atoms with Crippen LogP contribution >= 0.6 is 23.2 Å². The predicted molar refractivity (Wildman–Crippen MR) is 359 cm³/mol. The number of amides is 2. The van der Waals surface area contributed by atoms with Gasteiger partial charge in [-0.15, -0.1) is 0 Å². The van der Waals surface area contributed by atoms with E-state index in [1.807, 2.05) is 202 Å². The van der Waals surface area contributed by atoms with Gasteiger partial charge in [0.25, 0.3) is 0 Å². The summed E-state index contributed by atoms with van der Waals surface area (Å²) in [5.41, 5.74) is 4.94. The van der Waals surface area contributed by atoms with Crippen molar-refractivity contribution in [2.45, 2.75) is 95.8 Å². The molecule has 4 N–H and O–H groups in total. The molecule has 6 unspecified atom stereocenters. The number of carboxylic acid groups (broad SMARTS) is 4. The summed E-state index contributed by atoms with van der Waals surface area (Å²) in [5.74, 6) is -8.19. The highest BCUT2D eigenvalue weighted by Gasteiger charge is 2.35. The van der Waals surface area contributed by atoms with E-state index < -0.39 is 79.3 Å². The van der Waals surface area contributed by atoms with Gasteiger partial charge in [-0.2, -0.15) is 0 Å². The monoisotopic (exact) mass is 1260 g/mol. The fourth-order valence-corrected chi connectivity index (χ4v) is 12.3. The fourth-order valence-electron chi connectivity index (χ4n) is 12.1. The number of rotatable bonds is 27. The molecule has 0 spiro atoms. The van der Waals surface area contributed by atoms with Crippen LogP contribution in [-0.2, 0) is 48.3 Å². The van der Waals surface area contributed by atoms with Crippen LogP contribution in [0.1, 0.15) is 92.0 Å². The minimum absolute atomic E-state index is 0.110. The second-order valence-electron chi connectivity index (χ2n) is 23.2. The van der Waals surface area contributed by atoms with Crippen LogP contribution in [0.4, 0.5) is 0 Å². The van der Waals surface area contributed by atoms with Crippen LogP contribution in [0.3, 0.4) is 0 Å². The van der Waals surface area contributed by atoms with E-state index in [9.17, 15) is 49.2 Å². The number of aliphatic carboxylic acids is 4. The molecular weight excluding hydrogens is 1190 g/mol. The van der Waals surface area contributed by atoms with E-state index in [2.05, 4.69) is 30.3 Å². The van der Waals surface area contributed by atoms with E-state index in [4.69, 9.17) is 27.9 Å². The first-order valence-electron chi connectivity index (χ1n) is 30.4. The number of fused-ring (bicyclic) bond motifs is 4. The van der Waals surface area contributed by atoms with Crippen LogP contribution < -0.4 is 4.74 Å². The molecule has 0 saturated carbocycles. The standard InChI is InChI=1S/C38H36ClNO6.C38H36ClNO5/c1-25(35(29-12-15-33(39)16-13-29)18-19-46-34-17-14-28-7-3-5-9-31(28)21-34)40(36(41)22-32(38(44)45)23-37(42)43)24-26-10-11-27-6-2-4-8-30(27)20-26;1-25(35(30-15-17-34(39)18-16-30)19-12-26-10-13-28-6-2-4-8-31(28)20-26)40(36(41)22-33(38(44)45)23-37(42)43)24-27-11-14-29-7-3-5-9-32(29)21-27/h2-17,20-21,25,32,35H,18-19,22-24H2,1H3,(H,42,43)(H,44,45);2-11,13-18,20-21,25,33,35H,12,19,22-24H2,1H3,(H,42,43)(H,44,45). The summed E-state index contributed by atoms with van der Waals surface area (Å²) >= 11 is 12.5. The number of hydrogen-bond donors (Lipinski definition) is 4. The summed E-state index contributed by atoms with van der Waals surface area (Å²) in [6.07, 6.45) is -0.0641. The maximum atomic E-state index is 14.0. The van der Waals surface area contributed by atoms with Gasteiger partial charge in [0.1, 0.15) is 5.75 Å². The summed E-state index contributed by atoms with van der Waals surface area (Å²) in [6, 6.07) is 71.0. The van der Waals surface area contributed by atoms with Crippen molar-refractivity contribution in [3.8, 4) is 5.75 Å². The topological polar surface area (TPSA) is 199 Å². The van der Waals surface area contributed by atoms with Crippen molar-refractivity contribution in [2.75, 3.05) is 6.61 Å². The quantitative estimate of drug-likeness (QED) is 0.0382. The van der Waals surface area contributed by atoms with E-state index >= 15 is 0 Å². The Hall–Kier alpha value is -9.56. The fraction of sp³-hybridized carbons (Fsp3) is 0.237. The average molecular weight is 1260 g/mol. The van der Waals surface area contributed by atoms with Crippen molar-refractivity contribution in [3.05, 3.63) is 256 Å². The number of hydrogen-bond acceptors (Lipinski definition) is 7. The van der Waals surface area contributed by atoms with Gasteiger partial charge in [-0.3, -0.25) is 28.8 Å². The Morgan fingerprint density at radius 3 is 1.12 bits per heavy atom. The van der Waals surface area contributed by atoms with Gasteiger partial charge >= 0.3 is 23.9 Å². The lowest BCUT2D eigenvalue weighted by atomic mass is 9.85. The first-order chi connectivity index (χ1) is 43.8.